The summed E-state index contributed by atoms with van der Waals surface area (Å²) in [4.78, 5) is 19.1. The number of alkyl carbamates (subject to hydrolysis) is 1. The number of nitrogens with zero attached hydrogens (tertiary/aromatic N) is 2. The second-order valence-electron chi connectivity index (χ2n) is 6.98. The summed E-state index contributed by atoms with van der Waals surface area (Å²) in [7, 11) is -3.95. The Morgan fingerprint density at radius 2 is 1.89 bits per heavy atom. The Bertz CT molecular complexity index is 1040. The van der Waals surface area contributed by atoms with Crippen LogP contribution in [0.15, 0.2) is 13.9 Å². The molecule has 0 aromatic carbocycles. The summed E-state index contributed by atoms with van der Waals surface area (Å²) >= 11 is 8.65. The van der Waals surface area contributed by atoms with Gasteiger partial charge in [0, 0.05) is 6.26 Å². The Labute approximate surface area is 173 Å². The molecule has 2 heterocycles. The van der Waals surface area contributed by atoms with E-state index in [1.807, 2.05) is 5.32 Å². The van der Waals surface area contributed by atoms with Crippen molar-refractivity contribution in [2.75, 3.05) is 6.26 Å². The number of fused-ring (bicyclic) bond motifs is 1. The van der Waals surface area contributed by atoms with E-state index in [1.165, 1.54) is 0 Å². The molecule has 0 saturated carbocycles. The molecule has 2 rings (SSSR count). The van der Waals surface area contributed by atoms with Crippen molar-refractivity contribution in [3.63, 3.8) is 0 Å². The van der Waals surface area contributed by atoms with E-state index in [1.54, 1.807) is 20.8 Å². The van der Waals surface area contributed by atoms with Crippen LogP contribution < -0.4 is 5.32 Å². The first-order valence-corrected chi connectivity index (χ1v) is 10.8. The molecule has 1 N–H and O–H groups in total. The number of aromatic nitrogens is 2. The second kappa shape index (κ2) is 7.38. The van der Waals surface area contributed by atoms with Crippen molar-refractivity contribution in [1.82, 2.24) is 15.3 Å². The molecule has 0 aliphatic heterocycles. The van der Waals surface area contributed by atoms with E-state index in [9.17, 15) is 22.0 Å². The summed E-state index contributed by atoms with van der Waals surface area (Å²) in [5, 5.41) is 0.949. The summed E-state index contributed by atoms with van der Waals surface area (Å²) < 4.78 is 63.5. The van der Waals surface area contributed by atoms with Gasteiger partial charge in [-0.2, -0.15) is 8.78 Å². The van der Waals surface area contributed by atoms with Crippen molar-refractivity contribution in [1.29, 1.82) is 0 Å². The van der Waals surface area contributed by atoms with Gasteiger partial charge in [0.15, 0.2) is 21.2 Å². The van der Waals surface area contributed by atoms with Crippen molar-refractivity contribution in [2.45, 2.75) is 50.3 Å². The van der Waals surface area contributed by atoms with Crippen molar-refractivity contribution in [3.05, 3.63) is 15.5 Å². The molecule has 13 heteroatoms. The van der Waals surface area contributed by atoms with Crippen molar-refractivity contribution >= 4 is 54.6 Å². The molecule has 1 amide bonds. The fraction of sp³-hybridized carbons (Fsp3) is 0.533. The van der Waals surface area contributed by atoms with Crippen molar-refractivity contribution in [3.8, 4) is 0 Å². The predicted octanol–water partition coefficient (Wildman–Crippen LogP) is 4.05. The van der Waals surface area contributed by atoms with Gasteiger partial charge in [0.05, 0.1) is 4.47 Å². The van der Waals surface area contributed by atoms with Gasteiger partial charge in [-0.05, 0) is 55.2 Å². The van der Waals surface area contributed by atoms with Gasteiger partial charge in [-0.25, -0.2) is 23.2 Å². The maximum atomic E-state index is 14.9. The Hall–Kier alpha value is -1.53. The number of rotatable bonds is 4. The minimum absolute atomic E-state index is 0.237. The molecule has 8 nitrogen and oxygen atoms in total. The maximum Gasteiger partial charge on any atom is 0.408 e. The van der Waals surface area contributed by atoms with E-state index in [2.05, 4.69) is 25.9 Å². The highest BCUT2D eigenvalue weighted by atomic mass is 79.9. The van der Waals surface area contributed by atoms with Crippen LogP contribution in [-0.4, -0.2) is 42.4 Å². The van der Waals surface area contributed by atoms with Crippen LogP contribution in [0.5, 0.6) is 0 Å². The third-order valence-electron chi connectivity index (χ3n) is 3.35. The topological polar surface area (TPSA) is 111 Å². The second-order valence-corrected chi connectivity index (χ2v) is 10.0. The fourth-order valence-electron chi connectivity index (χ4n) is 2.14. The van der Waals surface area contributed by atoms with E-state index < -0.39 is 55.1 Å². The lowest BCUT2D eigenvalue weighted by Gasteiger charge is -2.25. The van der Waals surface area contributed by atoms with E-state index in [0.717, 1.165) is 13.2 Å². The van der Waals surface area contributed by atoms with Gasteiger partial charge >= 0.3 is 12.0 Å². The molecule has 156 valence electrons. The Morgan fingerprint density at radius 3 is 2.39 bits per heavy atom. The molecular formula is C15H17BrClF2N3O5S. The lowest BCUT2D eigenvalue weighted by Crippen LogP contribution is -2.45. The van der Waals surface area contributed by atoms with Gasteiger partial charge in [-0.3, -0.25) is 0 Å². The molecule has 0 fully saturated rings. The molecule has 0 bridgehead atoms. The number of alkyl halides is 2. The lowest BCUT2D eigenvalue weighted by atomic mass is 10.1. The summed E-state index contributed by atoms with van der Waals surface area (Å²) in [6.07, 6.45) is -0.224. The standard InChI is InChI=1S/C15H17BrClF2N3O5S/c1-6(20-13(23)27-14(2,3)4)15(18,19)10-7(16)8-9(26-10)11(28(5,24)25)22-12(17)21-8/h6H,1-5H3,(H,20,23)/t6-/m0/s1. The Kier molecular flexibility index (Phi) is 5.99. The SMILES string of the molecule is C[C@H](NC(=O)OC(C)(C)C)C(F)(F)c1oc2c(S(C)(=O)=O)nc(Cl)nc2c1Br. The molecule has 28 heavy (non-hydrogen) atoms. The number of carbonyl (C=O) groups is 1. The zero-order chi connectivity index (χ0) is 21.7. The fourth-order valence-corrected chi connectivity index (χ4v) is 3.70. The third-order valence-corrected chi connectivity index (χ3v) is 5.23. The largest absolute Gasteiger partial charge is 0.449 e. The van der Waals surface area contributed by atoms with Crippen LogP contribution >= 0.6 is 27.5 Å². The Balaban J connectivity index is 2.51. The quantitative estimate of drug-likeness (QED) is 0.494. The first kappa shape index (κ1) is 22.8. The van der Waals surface area contributed by atoms with Crippen LogP contribution in [0.3, 0.4) is 0 Å². The molecule has 0 radical (unpaired) electrons. The van der Waals surface area contributed by atoms with E-state index in [0.29, 0.717) is 0 Å². The number of nitrogens with one attached hydrogen (secondary N) is 1. The highest BCUT2D eigenvalue weighted by Crippen LogP contribution is 2.43. The van der Waals surface area contributed by atoms with E-state index in [4.69, 9.17) is 20.8 Å². The average Bonchev–Trinajstić information content (AvgIpc) is 2.81. The highest BCUT2D eigenvalue weighted by molar-refractivity contribution is 9.10. The molecule has 0 saturated heterocycles. The summed E-state index contributed by atoms with van der Waals surface area (Å²) in [6, 6.07) is -1.76. The summed E-state index contributed by atoms with van der Waals surface area (Å²) in [6.45, 7) is 5.79. The number of furan rings is 1. The van der Waals surface area contributed by atoms with E-state index in [-0.39, 0.29) is 9.99 Å². The summed E-state index contributed by atoms with van der Waals surface area (Å²) in [5.41, 5.74) is -1.59. The number of hydrogen-bond donors (Lipinski definition) is 1. The number of sulfone groups is 1. The van der Waals surface area contributed by atoms with Crippen LogP contribution in [0, 0.1) is 0 Å². The average molecular weight is 505 g/mol. The van der Waals surface area contributed by atoms with Gasteiger partial charge in [0.1, 0.15) is 17.2 Å². The van der Waals surface area contributed by atoms with Gasteiger partial charge in [-0.1, -0.05) is 0 Å². The number of halogens is 4. The molecule has 2 aromatic rings. The Morgan fingerprint density at radius 1 is 1.32 bits per heavy atom. The maximum absolute atomic E-state index is 14.9. The lowest BCUT2D eigenvalue weighted by molar-refractivity contribution is -0.0582. The van der Waals surface area contributed by atoms with Crippen LogP contribution in [-0.2, 0) is 20.5 Å². The molecular weight excluding hydrogens is 488 g/mol. The van der Waals surface area contributed by atoms with Crippen LogP contribution in [0.25, 0.3) is 11.1 Å². The molecule has 1 atom stereocenters. The minimum Gasteiger partial charge on any atom is -0.449 e. The molecule has 0 spiro atoms. The van der Waals surface area contributed by atoms with Crippen molar-refractivity contribution in [2.24, 2.45) is 0 Å². The number of amides is 1. The van der Waals surface area contributed by atoms with Gasteiger partial charge < -0.3 is 14.5 Å². The predicted molar refractivity (Wildman–Crippen MR) is 100 cm³/mol. The van der Waals surface area contributed by atoms with Crippen LogP contribution in [0.4, 0.5) is 13.6 Å². The zero-order valence-corrected chi connectivity index (χ0v) is 18.6. The molecule has 2 aromatic heterocycles. The molecule has 0 aliphatic rings. The van der Waals surface area contributed by atoms with Gasteiger partial charge in [-0.15, -0.1) is 0 Å². The van der Waals surface area contributed by atoms with E-state index >= 15 is 0 Å². The van der Waals surface area contributed by atoms with Crippen molar-refractivity contribution < 1.29 is 31.1 Å². The third kappa shape index (κ3) is 4.71. The first-order valence-electron chi connectivity index (χ1n) is 7.77. The van der Waals surface area contributed by atoms with Gasteiger partial charge in [0.25, 0.3) is 0 Å². The number of hydrogen-bond acceptors (Lipinski definition) is 7. The molecule has 0 aliphatic carbocycles. The van der Waals surface area contributed by atoms with Crippen LogP contribution in [0.1, 0.15) is 33.5 Å². The number of carbonyl (C=O) groups excluding carboxylic acids is 1. The van der Waals surface area contributed by atoms with Gasteiger partial charge in [0.2, 0.25) is 10.3 Å². The summed E-state index contributed by atoms with van der Waals surface area (Å²) in [5.74, 6) is -4.69. The molecule has 0 unspecified atom stereocenters. The first-order chi connectivity index (χ1) is 12.5. The van der Waals surface area contributed by atoms with Crippen LogP contribution in [0.2, 0.25) is 5.28 Å². The monoisotopic (exact) mass is 503 g/mol. The normalized spacial score (nSPS) is 14.2. The smallest absolute Gasteiger partial charge is 0.408 e. The minimum atomic E-state index is -3.95. The number of ether oxygens (including phenoxy) is 1. The zero-order valence-electron chi connectivity index (χ0n) is 15.4. The highest BCUT2D eigenvalue weighted by Gasteiger charge is 2.46.